The minimum atomic E-state index is -0.0108. The van der Waals surface area contributed by atoms with E-state index in [9.17, 15) is 4.79 Å². The van der Waals surface area contributed by atoms with Gasteiger partial charge in [-0.3, -0.25) is 4.79 Å². The van der Waals surface area contributed by atoms with Crippen LogP contribution in [0, 0.1) is 6.92 Å². The standard InChI is InChI=1S/C13H12BrNO2S/c1-7(16)13-15-12(8(2)18-13)10-6-9(14)4-5-11(10)17-3/h4-6H,1-3H3. The number of nitrogens with zero attached hydrogens (tertiary/aromatic N) is 1. The molecule has 0 radical (unpaired) electrons. The third-order valence-electron chi connectivity index (χ3n) is 2.51. The summed E-state index contributed by atoms with van der Waals surface area (Å²) in [6, 6.07) is 5.74. The first kappa shape index (κ1) is 13.2. The molecule has 0 saturated carbocycles. The second kappa shape index (κ2) is 5.20. The Hall–Kier alpha value is -1.20. The number of hydrogen-bond acceptors (Lipinski definition) is 4. The summed E-state index contributed by atoms with van der Waals surface area (Å²) in [5, 5.41) is 0.532. The molecule has 0 aliphatic rings. The van der Waals surface area contributed by atoms with Gasteiger partial charge in [-0.1, -0.05) is 15.9 Å². The molecule has 0 spiro atoms. The van der Waals surface area contributed by atoms with Crippen LogP contribution in [0.25, 0.3) is 11.3 Å². The number of methoxy groups -OCH3 is 1. The molecule has 0 fully saturated rings. The van der Waals surface area contributed by atoms with Crippen molar-refractivity contribution < 1.29 is 9.53 Å². The fourth-order valence-electron chi connectivity index (χ4n) is 1.66. The highest BCUT2D eigenvalue weighted by Gasteiger charge is 2.16. The number of aromatic nitrogens is 1. The highest BCUT2D eigenvalue weighted by atomic mass is 79.9. The lowest BCUT2D eigenvalue weighted by atomic mass is 10.1. The van der Waals surface area contributed by atoms with E-state index in [4.69, 9.17) is 4.74 Å². The molecular formula is C13H12BrNO2S. The van der Waals surface area contributed by atoms with Crippen LogP contribution in [-0.2, 0) is 0 Å². The van der Waals surface area contributed by atoms with Gasteiger partial charge in [-0.15, -0.1) is 11.3 Å². The van der Waals surface area contributed by atoms with Crippen molar-refractivity contribution in [1.82, 2.24) is 4.98 Å². The number of hydrogen-bond donors (Lipinski definition) is 0. The predicted molar refractivity (Wildman–Crippen MR) is 76.5 cm³/mol. The van der Waals surface area contributed by atoms with Crippen molar-refractivity contribution in [2.24, 2.45) is 0 Å². The fourth-order valence-corrected chi connectivity index (χ4v) is 2.85. The quantitative estimate of drug-likeness (QED) is 0.798. The van der Waals surface area contributed by atoms with Crippen LogP contribution in [-0.4, -0.2) is 17.9 Å². The van der Waals surface area contributed by atoms with Crippen LogP contribution in [0.3, 0.4) is 0 Å². The van der Waals surface area contributed by atoms with Crippen molar-refractivity contribution in [3.05, 3.63) is 32.6 Å². The van der Waals surface area contributed by atoms with Gasteiger partial charge in [0, 0.05) is 21.8 Å². The van der Waals surface area contributed by atoms with Gasteiger partial charge in [-0.05, 0) is 25.1 Å². The first-order chi connectivity index (χ1) is 8.52. The number of ketones is 1. The number of aryl methyl sites for hydroxylation is 1. The lowest BCUT2D eigenvalue weighted by Crippen LogP contribution is -1.92. The summed E-state index contributed by atoms with van der Waals surface area (Å²) in [4.78, 5) is 16.8. The topological polar surface area (TPSA) is 39.2 Å². The smallest absolute Gasteiger partial charge is 0.188 e. The number of Topliss-reactive ketones (excluding diaryl/α,β-unsaturated/α-hetero) is 1. The molecular weight excluding hydrogens is 314 g/mol. The maximum Gasteiger partial charge on any atom is 0.188 e. The third-order valence-corrected chi connectivity index (χ3v) is 4.08. The van der Waals surface area contributed by atoms with Crippen LogP contribution in [0.15, 0.2) is 22.7 Å². The van der Waals surface area contributed by atoms with E-state index in [2.05, 4.69) is 20.9 Å². The SMILES string of the molecule is COc1ccc(Br)cc1-c1nc(C(C)=O)sc1C. The van der Waals surface area contributed by atoms with Gasteiger partial charge in [0.2, 0.25) is 0 Å². The zero-order valence-corrected chi connectivity index (χ0v) is 12.7. The maximum absolute atomic E-state index is 11.4. The van der Waals surface area contributed by atoms with E-state index in [-0.39, 0.29) is 5.78 Å². The second-order valence-electron chi connectivity index (χ2n) is 3.82. The molecule has 0 saturated heterocycles. The van der Waals surface area contributed by atoms with E-state index in [0.29, 0.717) is 5.01 Å². The summed E-state index contributed by atoms with van der Waals surface area (Å²) in [5.74, 6) is 0.741. The Morgan fingerprint density at radius 2 is 2.17 bits per heavy atom. The number of thiazole rings is 1. The van der Waals surface area contributed by atoms with E-state index in [1.54, 1.807) is 7.11 Å². The number of benzene rings is 1. The van der Waals surface area contributed by atoms with E-state index >= 15 is 0 Å². The average molecular weight is 326 g/mol. The van der Waals surface area contributed by atoms with Gasteiger partial charge >= 0.3 is 0 Å². The second-order valence-corrected chi connectivity index (χ2v) is 5.94. The van der Waals surface area contributed by atoms with Crippen LogP contribution in [0.1, 0.15) is 21.6 Å². The average Bonchev–Trinajstić information content (AvgIpc) is 2.71. The van der Waals surface area contributed by atoms with Crippen LogP contribution in [0.5, 0.6) is 5.75 Å². The molecule has 94 valence electrons. The molecule has 5 heteroatoms. The van der Waals surface area contributed by atoms with Crippen molar-refractivity contribution in [3.8, 4) is 17.0 Å². The summed E-state index contributed by atoms with van der Waals surface area (Å²) >= 11 is 4.85. The van der Waals surface area contributed by atoms with Crippen molar-refractivity contribution in [1.29, 1.82) is 0 Å². The van der Waals surface area contributed by atoms with Gasteiger partial charge in [-0.2, -0.15) is 0 Å². The first-order valence-electron chi connectivity index (χ1n) is 5.35. The summed E-state index contributed by atoms with van der Waals surface area (Å²) in [5.41, 5.74) is 1.71. The van der Waals surface area contributed by atoms with Crippen LogP contribution in [0.2, 0.25) is 0 Å². The van der Waals surface area contributed by atoms with Gasteiger partial charge < -0.3 is 4.74 Å². The Kier molecular flexibility index (Phi) is 3.82. The van der Waals surface area contributed by atoms with E-state index in [1.807, 2.05) is 25.1 Å². The van der Waals surface area contributed by atoms with E-state index in [1.165, 1.54) is 18.3 Å². The largest absolute Gasteiger partial charge is 0.496 e. The zero-order chi connectivity index (χ0) is 13.3. The highest BCUT2D eigenvalue weighted by Crippen LogP contribution is 2.36. The summed E-state index contributed by atoms with van der Waals surface area (Å²) in [6.07, 6.45) is 0. The fraction of sp³-hybridized carbons (Fsp3) is 0.231. The number of halogens is 1. The molecule has 0 amide bonds. The Morgan fingerprint density at radius 3 is 2.72 bits per heavy atom. The molecule has 1 aromatic carbocycles. The minimum Gasteiger partial charge on any atom is -0.496 e. The van der Waals surface area contributed by atoms with Crippen molar-refractivity contribution in [2.75, 3.05) is 7.11 Å². The molecule has 18 heavy (non-hydrogen) atoms. The number of ether oxygens (including phenoxy) is 1. The first-order valence-corrected chi connectivity index (χ1v) is 6.96. The van der Waals surface area contributed by atoms with Gasteiger partial charge in [0.25, 0.3) is 0 Å². The molecule has 0 aliphatic heterocycles. The Morgan fingerprint density at radius 1 is 1.44 bits per heavy atom. The summed E-state index contributed by atoms with van der Waals surface area (Å²) < 4.78 is 6.29. The van der Waals surface area contributed by atoms with Crippen molar-refractivity contribution >= 4 is 33.0 Å². The predicted octanol–water partition coefficient (Wildman–Crippen LogP) is 4.09. The molecule has 3 nitrogen and oxygen atoms in total. The molecule has 0 unspecified atom stereocenters. The normalized spacial score (nSPS) is 10.4. The van der Waals surface area contributed by atoms with Crippen molar-refractivity contribution in [2.45, 2.75) is 13.8 Å². The third kappa shape index (κ3) is 2.47. The Balaban J connectivity index is 2.60. The molecule has 2 aromatic rings. The van der Waals surface area contributed by atoms with Crippen molar-refractivity contribution in [3.63, 3.8) is 0 Å². The molecule has 1 aromatic heterocycles. The van der Waals surface area contributed by atoms with Gasteiger partial charge in [0.15, 0.2) is 10.8 Å². The number of rotatable bonds is 3. The minimum absolute atomic E-state index is 0.0108. The number of carbonyl (C=O) groups excluding carboxylic acids is 1. The van der Waals surface area contributed by atoms with Gasteiger partial charge in [-0.25, -0.2) is 4.98 Å². The van der Waals surface area contributed by atoms with E-state index in [0.717, 1.165) is 26.4 Å². The van der Waals surface area contributed by atoms with Crippen LogP contribution in [0.4, 0.5) is 0 Å². The highest BCUT2D eigenvalue weighted by molar-refractivity contribution is 9.10. The lowest BCUT2D eigenvalue weighted by Gasteiger charge is -2.07. The molecule has 0 bridgehead atoms. The summed E-state index contributed by atoms with van der Waals surface area (Å²) in [7, 11) is 1.63. The molecule has 0 atom stereocenters. The van der Waals surface area contributed by atoms with Crippen LogP contribution < -0.4 is 4.74 Å². The van der Waals surface area contributed by atoms with E-state index < -0.39 is 0 Å². The molecule has 1 heterocycles. The Labute approximate surface area is 118 Å². The summed E-state index contributed by atoms with van der Waals surface area (Å²) in [6.45, 7) is 3.49. The maximum atomic E-state index is 11.4. The molecule has 0 N–H and O–H groups in total. The zero-order valence-electron chi connectivity index (χ0n) is 10.3. The monoisotopic (exact) mass is 325 g/mol. The van der Waals surface area contributed by atoms with Crippen LogP contribution >= 0.6 is 27.3 Å². The lowest BCUT2D eigenvalue weighted by molar-refractivity contribution is 0.101. The number of carbonyl (C=O) groups is 1. The Bertz CT molecular complexity index is 607. The molecule has 2 rings (SSSR count). The van der Waals surface area contributed by atoms with Gasteiger partial charge in [0.1, 0.15) is 5.75 Å². The molecule has 0 aliphatic carbocycles. The van der Waals surface area contributed by atoms with Gasteiger partial charge in [0.05, 0.1) is 12.8 Å².